The molecule has 0 saturated carbocycles. The molecule has 20 heavy (non-hydrogen) atoms. The van der Waals surface area contributed by atoms with E-state index < -0.39 is 0 Å². The second-order valence-corrected chi connectivity index (χ2v) is 5.23. The maximum atomic E-state index is 13.5. The Morgan fingerprint density at radius 3 is 2.80 bits per heavy atom. The van der Waals surface area contributed by atoms with Gasteiger partial charge in [-0.3, -0.25) is 4.79 Å². The first-order chi connectivity index (χ1) is 9.74. The van der Waals surface area contributed by atoms with Gasteiger partial charge in [0, 0.05) is 10.5 Å². The highest BCUT2D eigenvalue weighted by Crippen LogP contribution is 2.33. The summed E-state index contributed by atoms with van der Waals surface area (Å²) in [5.41, 5.74) is 0.540. The number of halogens is 1. The lowest BCUT2D eigenvalue weighted by Crippen LogP contribution is -2.02. The van der Waals surface area contributed by atoms with Gasteiger partial charge in [0.2, 0.25) is 6.79 Å². The number of rotatable bonds is 4. The van der Waals surface area contributed by atoms with Crippen molar-refractivity contribution >= 4 is 17.5 Å². The van der Waals surface area contributed by atoms with Crippen molar-refractivity contribution in [2.45, 2.75) is 4.90 Å². The fraction of sp³-hybridized carbons (Fsp3) is 0.133. The van der Waals surface area contributed by atoms with Gasteiger partial charge in [0.15, 0.2) is 17.3 Å². The van der Waals surface area contributed by atoms with Crippen molar-refractivity contribution in [3.05, 3.63) is 53.8 Å². The Morgan fingerprint density at radius 2 is 1.95 bits per heavy atom. The molecule has 0 unspecified atom stereocenters. The minimum absolute atomic E-state index is 0.0726. The van der Waals surface area contributed by atoms with Crippen molar-refractivity contribution in [1.29, 1.82) is 0 Å². The number of ketones is 1. The lowest BCUT2D eigenvalue weighted by Gasteiger charge is -2.04. The third-order valence-electron chi connectivity index (χ3n) is 2.89. The van der Waals surface area contributed by atoms with Crippen LogP contribution < -0.4 is 9.47 Å². The molecule has 2 aromatic rings. The van der Waals surface area contributed by atoms with E-state index in [1.165, 1.54) is 17.8 Å². The zero-order chi connectivity index (χ0) is 13.9. The monoisotopic (exact) mass is 290 g/mol. The summed E-state index contributed by atoms with van der Waals surface area (Å²) < 4.78 is 23.9. The Hall–Kier alpha value is -2.01. The molecule has 0 spiro atoms. The maximum absolute atomic E-state index is 13.5. The molecule has 0 N–H and O–H groups in total. The minimum atomic E-state index is -0.309. The van der Waals surface area contributed by atoms with Crippen LogP contribution in [0, 0.1) is 5.82 Å². The van der Waals surface area contributed by atoms with Crippen molar-refractivity contribution in [2.24, 2.45) is 0 Å². The number of thioether (sulfide) groups is 1. The largest absolute Gasteiger partial charge is 0.454 e. The first kappa shape index (κ1) is 13.0. The molecule has 0 fully saturated rings. The van der Waals surface area contributed by atoms with Crippen LogP contribution in [-0.4, -0.2) is 18.3 Å². The normalized spacial score (nSPS) is 12.4. The van der Waals surface area contributed by atoms with Crippen LogP contribution in [0.2, 0.25) is 0 Å². The Kier molecular flexibility index (Phi) is 3.60. The Labute approximate surface area is 119 Å². The molecule has 1 aliphatic rings. The summed E-state index contributed by atoms with van der Waals surface area (Å²) in [7, 11) is 0. The van der Waals surface area contributed by atoms with E-state index in [0.717, 1.165) is 0 Å². The highest BCUT2D eigenvalue weighted by molar-refractivity contribution is 8.00. The summed E-state index contributed by atoms with van der Waals surface area (Å²) in [6.45, 7) is 0.178. The van der Waals surface area contributed by atoms with E-state index in [0.29, 0.717) is 22.0 Å². The second-order valence-electron chi connectivity index (χ2n) is 4.21. The number of Topliss-reactive ketones (excluding diaryl/α,β-unsaturated/α-hetero) is 1. The SMILES string of the molecule is O=C(CSc1ccccc1F)c1ccc2c(c1)OCO2. The average molecular weight is 290 g/mol. The smallest absolute Gasteiger partial charge is 0.231 e. The Bertz CT molecular complexity index is 657. The third kappa shape index (κ3) is 2.63. The summed E-state index contributed by atoms with van der Waals surface area (Å²) in [5, 5.41) is 0. The molecule has 102 valence electrons. The van der Waals surface area contributed by atoms with Gasteiger partial charge in [-0.1, -0.05) is 12.1 Å². The topological polar surface area (TPSA) is 35.5 Å². The number of carbonyl (C=O) groups excluding carboxylic acids is 1. The number of carbonyl (C=O) groups is 1. The maximum Gasteiger partial charge on any atom is 0.231 e. The molecule has 0 atom stereocenters. The summed E-state index contributed by atoms with van der Waals surface area (Å²) in [6, 6.07) is 11.5. The van der Waals surface area contributed by atoms with Crippen LogP contribution in [0.4, 0.5) is 4.39 Å². The van der Waals surface area contributed by atoms with Crippen LogP contribution in [0.15, 0.2) is 47.4 Å². The number of hydrogen-bond donors (Lipinski definition) is 0. The van der Waals surface area contributed by atoms with Gasteiger partial charge in [0.1, 0.15) is 5.82 Å². The van der Waals surface area contributed by atoms with Gasteiger partial charge >= 0.3 is 0 Å². The Morgan fingerprint density at radius 1 is 1.15 bits per heavy atom. The second kappa shape index (κ2) is 5.54. The number of benzene rings is 2. The van der Waals surface area contributed by atoms with Crippen LogP contribution in [0.1, 0.15) is 10.4 Å². The van der Waals surface area contributed by atoms with E-state index in [1.807, 2.05) is 0 Å². The van der Waals surface area contributed by atoms with Crippen LogP contribution >= 0.6 is 11.8 Å². The molecule has 3 rings (SSSR count). The minimum Gasteiger partial charge on any atom is -0.454 e. The third-order valence-corrected chi connectivity index (χ3v) is 3.94. The quantitative estimate of drug-likeness (QED) is 0.637. The van der Waals surface area contributed by atoms with Gasteiger partial charge in [-0.15, -0.1) is 11.8 Å². The zero-order valence-corrected chi connectivity index (χ0v) is 11.3. The Balaban J connectivity index is 1.69. The molecular weight excluding hydrogens is 279 g/mol. The highest BCUT2D eigenvalue weighted by Gasteiger charge is 2.16. The molecule has 0 saturated heterocycles. The molecule has 5 heteroatoms. The molecule has 2 aromatic carbocycles. The molecule has 0 radical (unpaired) electrons. The molecule has 3 nitrogen and oxygen atoms in total. The zero-order valence-electron chi connectivity index (χ0n) is 10.5. The lowest BCUT2D eigenvalue weighted by atomic mass is 10.1. The van der Waals surface area contributed by atoms with E-state index in [2.05, 4.69) is 0 Å². The van der Waals surface area contributed by atoms with Gasteiger partial charge < -0.3 is 9.47 Å². The van der Waals surface area contributed by atoms with Crippen LogP contribution in [0.5, 0.6) is 11.5 Å². The number of hydrogen-bond acceptors (Lipinski definition) is 4. The fourth-order valence-electron chi connectivity index (χ4n) is 1.86. The van der Waals surface area contributed by atoms with Crippen molar-refractivity contribution in [1.82, 2.24) is 0 Å². The molecule has 0 bridgehead atoms. The van der Waals surface area contributed by atoms with Crippen LogP contribution in [0.3, 0.4) is 0 Å². The van der Waals surface area contributed by atoms with Gasteiger partial charge in [-0.05, 0) is 30.3 Å². The molecule has 1 heterocycles. The standard InChI is InChI=1S/C15H11FO3S/c16-11-3-1-2-4-15(11)20-8-12(17)10-5-6-13-14(7-10)19-9-18-13/h1-7H,8-9H2. The van der Waals surface area contributed by atoms with Crippen LogP contribution in [0.25, 0.3) is 0 Å². The predicted octanol–water partition coefficient (Wildman–Crippen LogP) is 3.53. The summed E-state index contributed by atoms with van der Waals surface area (Å²) in [6.07, 6.45) is 0. The predicted molar refractivity (Wildman–Crippen MR) is 74.0 cm³/mol. The first-order valence-corrected chi connectivity index (χ1v) is 7.03. The lowest BCUT2D eigenvalue weighted by molar-refractivity contribution is 0.102. The van der Waals surface area contributed by atoms with Crippen molar-refractivity contribution in [3.8, 4) is 11.5 Å². The van der Waals surface area contributed by atoms with E-state index in [4.69, 9.17) is 9.47 Å². The van der Waals surface area contributed by atoms with E-state index >= 15 is 0 Å². The van der Waals surface area contributed by atoms with E-state index in [9.17, 15) is 9.18 Å². The van der Waals surface area contributed by atoms with E-state index in [-0.39, 0.29) is 24.1 Å². The molecule has 0 aromatic heterocycles. The van der Waals surface area contributed by atoms with E-state index in [1.54, 1.807) is 36.4 Å². The molecular formula is C15H11FO3S. The van der Waals surface area contributed by atoms with Crippen LogP contribution in [-0.2, 0) is 0 Å². The molecule has 1 aliphatic heterocycles. The van der Waals surface area contributed by atoms with Gasteiger partial charge in [-0.2, -0.15) is 0 Å². The molecule has 0 amide bonds. The van der Waals surface area contributed by atoms with Gasteiger partial charge in [0.25, 0.3) is 0 Å². The van der Waals surface area contributed by atoms with Crippen molar-refractivity contribution < 1.29 is 18.7 Å². The first-order valence-electron chi connectivity index (χ1n) is 6.04. The summed E-state index contributed by atoms with van der Waals surface area (Å²) >= 11 is 1.19. The summed E-state index contributed by atoms with van der Waals surface area (Å²) in [5.74, 6) is 1.02. The number of fused-ring (bicyclic) bond motifs is 1. The number of ether oxygens (including phenoxy) is 2. The van der Waals surface area contributed by atoms with Gasteiger partial charge in [-0.25, -0.2) is 4.39 Å². The van der Waals surface area contributed by atoms with Crippen molar-refractivity contribution in [2.75, 3.05) is 12.5 Å². The van der Waals surface area contributed by atoms with Gasteiger partial charge in [0.05, 0.1) is 5.75 Å². The fourth-order valence-corrected chi connectivity index (χ4v) is 2.69. The summed E-state index contributed by atoms with van der Waals surface area (Å²) in [4.78, 5) is 12.6. The van der Waals surface area contributed by atoms with Crippen molar-refractivity contribution in [3.63, 3.8) is 0 Å². The highest BCUT2D eigenvalue weighted by atomic mass is 32.2. The molecule has 0 aliphatic carbocycles. The average Bonchev–Trinajstić information content (AvgIpc) is 2.93.